The highest BCUT2D eigenvalue weighted by molar-refractivity contribution is 6.83. The molecule has 1 aromatic rings. The molecular weight excluding hydrogens is 282 g/mol. The van der Waals surface area contributed by atoms with Gasteiger partial charge in [-0.1, -0.05) is 75.2 Å². The number of hydrogen-bond acceptors (Lipinski definition) is 1. The zero-order valence-electron chi connectivity index (χ0n) is 14.3. The van der Waals surface area contributed by atoms with E-state index in [-0.39, 0.29) is 0 Å². The Hall–Kier alpha value is -1.04. The minimum Gasteiger partial charge on any atom is -0.278 e. The average molecular weight is 312 g/mol. The van der Waals surface area contributed by atoms with Crippen LogP contribution in [0.4, 0.5) is 0 Å². The molecule has 0 amide bonds. The third-order valence-corrected chi connectivity index (χ3v) is 5.80. The van der Waals surface area contributed by atoms with E-state index in [0.29, 0.717) is 6.04 Å². The maximum absolute atomic E-state index is 3.65. The van der Waals surface area contributed by atoms with Gasteiger partial charge in [0.25, 0.3) is 0 Å². The molecule has 118 valence electrons. The first-order valence-electron chi connectivity index (χ1n) is 8.87. The van der Waals surface area contributed by atoms with Crippen LogP contribution in [-0.2, 0) is 6.54 Å². The predicted octanol–water partition coefficient (Wildman–Crippen LogP) is 4.70. The van der Waals surface area contributed by atoms with Crippen LogP contribution in [-0.4, -0.2) is 25.1 Å². The molecule has 0 aromatic heterocycles. The topological polar surface area (TPSA) is 3.01 Å². The van der Waals surface area contributed by atoms with Gasteiger partial charge in [-0.2, -0.15) is 0 Å². The van der Waals surface area contributed by atoms with Crippen molar-refractivity contribution in [1.29, 1.82) is 0 Å². The lowest BCUT2D eigenvalue weighted by Crippen LogP contribution is -2.18. The molecule has 1 nitrogen and oxygen atoms in total. The second-order valence-electron chi connectivity index (χ2n) is 8.01. The van der Waals surface area contributed by atoms with Gasteiger partial charge in [0.15, 0.2) is 0 Å². The number of rotatable bonds is 3. The second kappa shape index (κ2) is 6.60. The Morgan fingerprint density at radius 1 is 1.05 bits per heavy atom. The van der Waals surface area contributed by atoms with Crippen LogP contribution in [0.5, 0.6) is 0 Å². The van der Waals surface area contributed by atoms with Gasteiger partial charge >= 0.3 is 0 Å². The van der Waals surface area contributed by atoms with Crippen LogP contribution in [0.3, 0.4) is 0 Å². The van der Waals surface area contributed by atoms with Crippen molar-refractivity contribution in [2.24, 2.45) is 5.92 Å². The third-order valence-electron chi connectivity index (χ3n) is 4.91. The summed E-state index contributed by atoms with van der Waals surface area (Å²) < 4.78 is 0. The summed E-state index contributed by atoms with van der Waals surface area (Å²) in [6, 6.07) is 12.2. The lowest BCUT2D eigenvalue weighted by molar-refractivity contribution is 0.309. The van der Waals surface area contributed by atoms with Crippen LogP contribution < -0.4 is 0 Å². The van der Waals surface area contributed by atoms with Crippen molar-refractivity contribution in [2.45, 2.75) is 70.4 Å². The molecule has 2 heteroatoms. The summed E-state index contributed by atoms with van der Waals surface area (Å²) in [5.41, 5.74) is 5.05. The molecule has 2 aliphatic rings. The van der Waals surface area contributed by atoms with E-state index in [4.69, 9.17) is 0 Å². The van der Waals surface area contributed by atoms with Gasteiger partial charge in [0.2, 0.25) is 0 Å². The van der Waals surface area contributed by atoms with Crippen LogP contribution in [0.25, 0.3) is 0 Å². The van der Waals surface area contributed by atoms with Gasteiger partial charge in [-0.25, -0.2) is 0 Å². The summed E-state index contributed by atoms with van der Waals surface area (Å²) in [4.78, 5) is 2.65. The van der Waals surface area contributed by atoms with E-state index < -0.39 is 8.07 Å². The largest absolute Gasteiger partial charge is 0.278 e. The summed E-state index contributed by atoms with van der Waals surface area (Å²) >= 11 is 0. The Morgan fingerprint density at radius 2 is 1.73 bits per heavy atom. The zero-order valence-corrected chi connectivity index (χ0v) is 15.3. The van der Waals surface area contributed by atoms with Crippen LogP contribution in [0.2, 0.25) is 19.6 Å². The minimum atomic E-state index is -1.27. The van der Waals surface area contributed by atoms with Crippen LogP contribution in [0, 0.1) is 17.4 Å². The lowest BCUT2D eigenvalue weighted by Gasteiger charge is -2.21. The summed E-state index contributed by atoms with van der Waals surface area (Å²) in [6.45, 7) is 8.12. The van der Waals surface area contributed by atoms with Crippen LogP contribution in [0.1, 0.15) is 37.7 Å². The monoisotopic (exact) mass is 311 g/mol. The van der Waals surface area contributed by atoms with E-state index in [2.05, 4.69) is 66.3 Å². The van der Waals surface area contributed by atoms with E-state index in [9.17, 15) is 0 Å². The normalized spacial score (nSPS) is 28.8. The molecule has 1 saturated carbocycles. The Morgan fingerprint density at radius 3 is 2.36 bits per heavy atom. The van der Waals surface area contributed by atoms with E-state index in [1.165, 1.54) is 37.7 Å². The molecule has 3 rings (SSSR count). The third kappa shape index (κ3) is 4.03. The smallest absolute Gasteiger partial charge is 0.129 e. The quantitative estimate of drug-likeness (QED) is 0.444. The minimum absolute atomic E-state index is 0.523. The van der Waals surface area contributed by atoms with Crippen molar-refractivity contribution >= 4 is 8.07 Å². The van der Waals surface area contributed by atoms with E-state index in [1.807, 2.05) is 0 Å². The SMILES string of the molecule is C[Si](C)(C)C#C[C@@H]1[C@@H](C2CCCCC2)N1Cc1ccccc1. The lowest BCUT2D eigenvalue weighted by atomic mass is 9.86. The first kappa shape index (κ1) is 15.8. The van der Waals surface area contributed by atoms with Gasteiger partial charge in [-0.15, -0.1) is 5.54 Å². The van der Waals surface area contributed by atoms with Crippen molar-refractivity contribution < 1.29 is 0 Å². The predicted molar refractivity (Wildman–Crippen MR) is 97.3 cm³/mol. The highest BCUT2D eigenvalue weighted by Crippen LogP contribution is 2.42. The maximum atomic E-state index is 3.65. The Labute approximate surface area is 137 Å². The van der Waals surface area contributed by atoms with Gasteiger partial charge in [0, 0.05) is 12.6 Å². The molecular formula is C20H29NSi. The highest BCUT2D eigenvalue weighted by atomic mass is 28.3. The molecule has 1 aliphatic heterocycles. The molecule has 1 aromatic carbocycles. The Balaban J connectivity index is 1.71. The molecule has 0 N–H and O–H groups in total. The second-order valence-corrected chi connectivity index (χ2v) is 12.8. The summed E-state index contributed by atoms with van der Waals surface area (Å²) in [7, 11) is -1.27. The molecule has 0 bridgehead atoms. The van der Waals surface area contributed by atoms with Crippen molar-refractivity contribution in [2.75, 3.05) is 0 Å². The fourth-order valence-electron chi connectivity index (χ4n) is 3.76. The molecule has 1 heterocycles. The van der Waals surface area contributed by atoms with Gasteiger partial charge in [-0.3, -0.25) is 4.90 Å². The molecule has 1 saturated heterocycles. The van der Waals surface area contributed by atoms with Gasteiger partial charge < -0.3 is 0 Å². The number of hydrogen-bond donors (Lipinski definition) is 0. The van der Waals surface area contributed by atoms with E-state index in [1.54, 1.807) is 0 Å². The van der Waals surface area contributed by atoms with Gasteiger partial charge in [0.1, 0.15) is 8.07 Å². The van der Waals surface area contributed by atoms with Gasteiger partial charge in [-0.05, 0) is 24.3 Å². The van der Waals surface area contributed by atoms with Crippen LogP contribution >= 0.6 is 0 Å². The molecule has 22 heavy (non-hydrogen) atoms. The highest BCUT2D eigenvalue weighted by Gasteiger charge is 2.50. The van der Waals surface area contributed by atoms with E-state index >= 15 is 0 Å². The summed E-state index contributed by atoms with van der Waals surface area (Å²) in [5.74, 6) is 4.54. The fraction of sp³-hybridized carbons (Fsp3) is 0.600. The Kier molecular flexibility index (Phi) is 4.75. The standard InChI is InChI=1S/C20H29NSi/c1-22(2,3)15-14-19-20(18-12-8-5-9-13-18)21(19)16-17-10-6-4-7-11-17/h4,6-7,10-11,18-20H,5,8-9,12-13,16H2,1-3H3/t19-,20-,21?/m1/s1. The van der Waals surface area contributed by atoms with Crippen molar-refractivity contribution in [3.8, 4) is 11.5 Å². The molecule has 3 atom stereocenters. The molecule has 2 fully saturated rings. The molecule has 1 aliphatic carbocycles. The molecule has 0 spiro atoms. The van der Waals surface area contributed by atoms with Crippen LogP contribution in [0.15, 0.2) is 30.3 Å². The summed E-state index contributed by atoms with van der Waals surface area (Å²) in [5, 5.41) is 0. The first-order valence-corrected chi connectivity index (χ1v) is 12.4. The first-order chi connectivity index (χ1) is 10.5. The summed E-state index contributed by atoms with van der Waals surface area (Å²) in [6.07, 6.45) is 7.12. The number of benzene rings is 1. The fourth-order valence-corrected chi connectivity index (χ4v) is 4.34. The van der Waals surface area contributed by atoms with Crippen molar-refractivity contribution in [3.05, 3.63) is 35.9 Å². The van der Waals surface area contributed by atoms with E-state index in [0.717, 1.165) is 18.5 Å². The zero-order chi connectivity index (χ0) is 15.6. The Bertz CT molecular complexity index is 543. The van der Waals surface area contributed by atoms with Crippen molar-refractivity contribution in [3.63, 3.8) is 0 Å². The average Bonchev–Trinajstić information content (AvgIpc) is 3.19. The van der Waals surface area contributed by atoms with Crippen molar-refractivity contribution in [1.82, 2.24) is 4.90 Å². The number of nitrogens with zero attached hydrogens (tertiary/aromatic N) is 1. The molecule has 0 radical (unpaired) electrons. The van der Waals surface area contributed by atoms with Gasteiger partial charge in [0.05, 0.1) is 6.04 Å². The maximum Gasteiger partial charge on any atom is 0.129 e. The molecule has 1 unspecified atom stereocenters.